The SMILES string of the molecule is Cc1cccc(-c2n[nH]c(=S)n2CC(=O)NC(C)c2ccc(Br)cc2)c1. The van der Waals surface area contributed by atoms with Gasteiger partial charge >= 0.3 is 0 Å². The van der Waals surface area contributed by atoms with E-state index in [2.05, 4.69) is 31.4 Å². The molecule has 0 saturated heterocycles. The number of nitrogens with one attached hydrogen (secondary N) is 2. The Labute approximate surface area is 165 Å². The van der Waals surface area contributed by atoms with Crippen molar-refractivity contribution in [2.24, 2.45) is 0 Å². The summed E-state index contributed by atoms with van der Waals surface area (Å²) in [5, 5.41) is 10.1. The maximum Gasteiger partial charge on any atom is 0.240 e. The minimum Gasteiger partial charge on any atom is -0.348 e. The number of amides is 1. The Morgan fingerprint density at radius 2 is 2.04 bits per heavy atom. The lowest BCUT2D eigenvalue weighted by Crippen LogP contribution is -2.30. The van der Waals surface area contributed by atoms with Crippen LogP contribution in [-0.2, 0) is 11.3 Å². The normalized spacial score (nSPS) is 12.0. The van der Waals surface area contributed by atoms with E-state index in [0.29, 0.717) is 10.6 Å². The van der Waals surface area contributed by atoms with Crippen LogP contribution >= 0.6 is 28.1 Å². The molecule has 0 radical (unpaired) electrons. The molecule has 1 heterocycles. The number of aryl methyl sites for hydroxylation is 1. The van der Waals surface area contributed by atoms with E-state index in [9.17, 15) is 4.79 Å². The number of H-pyrrole nitrogens is 1. The van der Waals surface area contributed by atoms with Gasteiger partial charge in [0.2, 0.25) is 5.91 Å². The van der Waals surface area contributed by atoms with Crippen molar-refractivity contribution in [1.82, 2.24) is 20.1 Å². The molecule has 0 fully saturated rings. The largest absolute Gasteiger partial charge is 0.348 e. The van der Waals surface area contributed by atoms with Crippen LogP contribution in [0, 0.1) is 11.7 Å². The molecule has 3 rings (SSSR count). The third-order valence-corrected chi connectivity index (χ3v) is 4.92. The quantitative estimate of drug-likeness (QED) is 0.583. The molecule has 1 amide bonds. The molecule has 0 aliphatic heterocycles. The molecule has 5 nitrogen and oxygen atoms in total. The molecule has 26 heavy (non-hydrogen) atoms. The van der Waals surface area contributed by atoms with Gasteiger partial charge in [-0.05, 0) is 49.8 Å². The van der Waals surface area contributed by atoms with Gasteiger partial charge < -0.3 is 5.32 Å². The van der Waals surface area contributed by atoms with E-state index in [0.717, 1.165) is 21.2 Å². The lowest BCUT2D eigenvalue weighted by Gasteiger charge is -2.15. The number of hydrogen-bond donors (Lipinski definition) is 2. The molecule has 134 valence electrons. The summed E-state index contributed by atoms with van der Waals surface area (Å²) >= 11 is 8.72. The van der Waals surface area contributed by atoms with E-state index < -0.39 is 0 Å². The monoisotopic (exact) mass is 430 g/mol. The fraction of sp³-hybridized carbons (Fsp3) is 0.211. The molecular weight excluding hydrogens is 412 g/mol. The first kappa shape index (κ1) is 18.5. The van der Waals surface area contributed by atoms with Crippen molar-refractivity contribution in [2.75, 3.05) is 0 Å². The van der Waals surface area contributed by atoms with Crippen LogP contribution < -0.4 is 5.32 Å². The van der Waals surface area contributed by atoms with Crippen molar-refractivity contribution in [3.05, 3.63) is 68.9 Å². The molecule has 0 bridgehead atoms. The summed E-state index contributed by atoms with van der Waals surface area (Å²) in [5.41, 5.74) is 3.08. The van der Waals surface area contributed by atoms with Crippen LogP contribution in [0.25, 0.3) is 11.4 Å². The highest BCUT2D eigenvalue weighted by molar-refractivity contribution is 9.10. The maximum atomic E-state index is 12.5. The van der Waals surface area contributed by atoms with Gasteiger partial charge in [-0.15, -0.1) is 0 Å². The van der Waals surface area contributed by atoms with E-state index in [1.807, 2.05) is 62.4 Å². The molecule has 7 heteroatoms. The van der Waals surface area contributed by atoms with Crippen molar-refractivity contribution in [1.29, 1.82) is 0 Å². The average molecular weight is 431 g/mol. The second-order valence-electron chi connectivity index (χ2n) is 6.15. The van der Waals surface area contributed by atoms with Gasteiger partial charge in [0.15, 0.2) is 10.6 Å². The van der Waals surface area contributed by atoms with Crippen molar-refractivity contribution < 1.29 is 4.79 Å². The minimum absolute atomic E-state index is 0.0981. The molecular formula is C19H19BrN4OS. The van der Waals surface area contributed by atoms with E-state index in [-0.39, 0.29) is 18.5 Å². The van der Waals surface area contributed by atoms with Crippen LogP contribution in [0.2, 0.25) is 0 Å². The smallest absolute Gasteiger partial charge is 0.240 e. The summed E-state index contributed by atoms with van der Waals surface area (Å²) in [6.45, 7) is 4.08. The molecule has 1 aromatic heterocycles. The third kappa shape index (κ3) is 4.28. The number of nitrogens with zero attached hydrogens (tertiary/aromatic N) is 2. The summed E-state index contributed by atoms with van der Waals surface area (Å²) in [5.74, 6) is 0.539. The molecule has 1 unspecified atom stereocenters. The Morgan fingerprint density at radius 1 is 1.31 bits per heavy atom. The molecule has 3 aromatic rings. The Hall–Kier alpha value is -2.25. The number of benzene rings is 2. The van der Waals surface area contributed by atoms with Gasteiger partial charge in [0, 0.05) is 10.0 Å². The van der Waals surface area contributed by atoms with E-state index in [4.69, 9.17) is 12.2 Å². The van der Waals surface area contributed by atoms with Gasteiger partial charge in [0.05, 0.1) is 6.04 Å². The fourth-order valence-corrected chi connectivity index (χ4v) is 3.20. The Balaban J connectivity index is 1.76. The van der Waals surface area contributed by atoms with Gasteiger partial charge in [-0.3, -0.25) is 14.5 Å². The number of halogens is 1. The lowest BCUT2D eigenvalue weighted by atomic mass is 10.1. The molecule has 0 aliphatic carbocycles. The van der Waals surface area contributed by atoms with Gasteiger partial charge in [0.1, 0.15) is 6.54 Å². The average Bonchev–Trinajstić information content (AvgIpc) is 2.96. The Bertz CT molecular complexity index is 978. The van der Waals surface area contributed by atoms with Crippen LogP contribution in [0.1, 0.15) is 24.1 Å². The second-order valence-corrected chi connectivity index (χ2v) is 7.45. The van der Waals surface area contributed by atoms with Gasteiger partial charge in [-0.1, -0.05) is 51.8 Å². The highest BCUT2D eigenvalue weighted by Crippen LogP contribution is 2.19. The van der Waals surface area contributed by atoms with Crippen molar-refractivity contribution >= 4 is 34.1 Å². The predicted octanol–water partition coefficient (Wildman–Crippen LogP) is 4.56. The second kappa shape index (κ2) is 7.97. The van der Waals surface area contributed by atoms with E-state index in [1.54, 1.807) is 4.57 Å². The number of aromatic amines is 1. The zero-order valence-electron chi connectivity index (χ0n) is 14.5. The van der Waals surface area contributed by atoms with Gasteiger partial charge in [0.25, 0.3) is 0 Å². The van der Waals surface area contributed by atoms with Crippen LogP contribution in [0.3, 0.4) is 0 Å². The summed E-state index contributed by atoms with van der Waals surface area (Å²) < 4.78 is 3.15. The first-order valence-electron chi connectivity index (χ1n) is 8.21. The van der Waals surface area contributed by atoms with Crippen molar-refractivity contribution in [2.45, 2.75) is 26.4 Å². The number of rotatable bonds is 5. The van der Waals surface area contributed by atoms with E-state index in [1.165, 1.54) is 0 Å². The Kier molecular flexibility index (Phi) is 5.68. The van der Waals surface area contributed by atoms with Crippen molar-refractivity contribution in [3.8, 4) is 11.4 Å². The summed E-state index contributed by atoms with van der Waals surface area (Å²) in [6.07, 6.45) is 0. The first-order valence-corrected chi connectivity index (χ1v) is 9.41. The number of carbonyl (C=O) groups excluding carboxylic acids is 1. The van der Waals surface area contributed by atoms with Gasteiger partial charge in [-0.2, -0.15) is 5.10 Å². The molecule has 0 saturated carbocycles. The third-order valence-electron chi connectivity index (χ3n) is 4.08. The van der Waals surface area contributed by atoms with Crippen LogP contribution in [0.4, 0.5) is 0 Å². The number of hydrogen-bond acceptors (Lipinski definition) is 3. The molecule has 0 aliphatic rings. The summed E-state index contributed by atoms with van der Waals surface area (Å²) in [6, 6.07) is 15.7. The zero-order valence-corrected chi connectivity index (χ0v) is 16.9. The lowest BCUT2D eigenvalue weighted by molar-refractivity contribution is -0.122. The topological polar surface area (TPSA) is 62.7 Å². The van der Waals surface area contributed by atoms with Crippen molar-refractivity contribution in [3.63, 3.8) is 0 Å². The number of aromatic nitrogens is 3. The minimum atomic E-state index is -0.119. The summed E-state index contributed by atoms with van der Waals surface area (Å²) in [4.78, 5) is 12.5. The fourth-order valence-electron chi connectivity index (χ4n) is 2.73. The molecule has 1 atom stereocenters. The molecule has 0 spiro atoms. The van der Waals surface area contributed by atoms with Crippen LogP contribution in [0.5, 0.6) is 0 Å². The van der Waals surface area contributed by atoms with Crippen LogP contribution in [0.15, 0.2) is 53.0 Å². The Morgan fingerprint density at radius 3 is 2.73 bits per heavy atom. The summed E-state index contributed by atoms with van der Waals surface area (Å²) in [7, 11) is 0. The van der Waals surface area contributed by atoms with Crippen LogP contribution in [-0.4, -0.2) is 20.7 Å². The molecule has 2 N–H and O–H groups in total. The predicted molar refractivity (Wildman–Crippen MR) is 108 cm³/mol. The highest BCUT2D eigenvalue weighted by atomic mass is 79.9. The van der Waals surface area contributed by atoms with Gasteiger partial charge in [-0.25, -0.2) is 0 Å². The van der Waals surface area contributed by atoms with E-state index >= 15 is 0 Å². The molecule has 2 aromatic carbocycles. The highest BCUT2D eigenvalue weighted by Gasteiger charge is 2.15. The number of carbonyl (C=O) groups is 1. The first-order chi connectivity index (χ1) is 12.4. The maximum absolute atomic E-state index is 12.5. The zero-order chi connectivity index (χ0) is 18.7. The standard InChI is InChI=1S/C19H19BrN4OS/c1-12-4-3-5-15(10-12)18-22-23-19(26)24(18)11-17(25)21-13(2)14-6-8-16(20)9-7-14/h3-10,13H,11H2,1-2H3,(H,21,25)(H,23,26).